The topological polar surface area (TPSA) is 85.6 Å². The molecule has 2 atom stereocenters. The van der Waals surface area contributed by atoms with E-state index in [0.29, 0.717) is 17.7 Å². The van der Waals surface area contributed by atoms with Gasteiger partial charge in [-0.05, 0) is 80.8 Å². The first-order valence-electron chi connectivity index (χ1n) is 12.0. The Morgan fingerprint density at radius 1 is 1.18 bits per heavy atom. The maximum absolute atomic E-state index is 10.9. The Morgan fingerprint density at radius 2 is 1.88 bits per heavy atom. The monoisotopic (exact) mass is 465 g/mol. The van der Waals surface area contributed by atoms with Gasteiger partial charge in [-0.15, -0.1) is 0 Å². The number of nitrogens with zero attached hydrogens (tertiary/aromatic N) is 2. The largest absolute Gasteiger partial charge is 0.491 e. The fourth-order valence-electron chi connectivity index (χ4n) is 5.28. The van der Waals surface area contributed by atoms with Crippen LogP contribution in [0.4, 0.5) is 11.6 Å². The minimum atomic E-state index is -1.00. The van der Waals surface area contributed by atoms with Crippen molar-refractivity contribution in [3.63, 3.8) is 0 Å². The maximum Gasteiger partial charge on any atom is 0.341 e. The number of carbonyl (C=O) groups is 1. The quantitative estimate of drug-likeness (QED) is 0.399. The van der Waals surface area contributed by atoms with Crippen LogP contribution < -0.4 is 14.8 Å². The third kappa shape index (κ3) is 5.64. The Kier molecular flexibility index (Phi) is 6.73. The predicted molar refractivity (Wildman–Crippen MR) is 134 cm³/mol. The van der Waals surface area contributed by atoms with Crippen LogP contribution in [0.1, 0.15) is 59.9 Å². The summed E-state index contributed by atoms with van der Waals surface area (Å²) in [6.07, 6.45) is 3.48. The van der Waals surface area contributed by atoms with Crippen molar-refractivity contribution in [3.05, 3.63) is 42.5 Å². The van der Waals surface area contributed by atoms with Gasteiger partial charge in [0.1, 0.15) is 11.5 Å². The summed E-state index contributed by atoms with van der Waals surface area (Å²) in [5.41, 5.74) is 2.97. The van der Waals surface area contributed by atoms with E-state index in [1.807, 2.05) is 56.3 Å². The highest BCUT2D eigenvalue weighted by Gasteiger charge is 2.34. The van der Waals surface area contributed by atoms with Gasteiger partial charge in [0.2, 0.25) is 5.95 Å². The molecule has 1 saturated carbocycles. The number of fused-ring (bicyclic) bond motifs is 1. The molecule has 2 N–H and O–H groups in total. The Morgan fingerprint density at radius 3 is 2.53 bits per heavy atom. The van der Waals surface area contributed by atoms with Crippen LogP contribution in [0.5, 0.6) is 11.5 Å². The minimum absolute atomic E-state index is 0.122. The van der Waals surface area contributed by atoms with Crippen LogP contribution in [0.15, 0.2) is 42.5 Å². The van der Waals surface area contributed by atoms with Gasteiger partial charge < -0.3 is 24.5 Å². The maximum atomic E-state index is 10.9. The summed E-state index contributed by atoms with van der Waals surface area (Å²) in [6.45, 7) is 10.6. The van der Waals surface area contributed by atoms with Crippen LogP contribution in [-0.4, -0.2) is 33.3 Å². The fourth-order valence-corrected chi connectivity index (χ4v) is 5.28. The molecular weight excluding hydrogens is 430 g/mol. The summed E-state index contributed by atoms with van der Waals surface area (Å²) in [4.78, 5) is 15.8. The van der Waals surface area contributed by atoms with Gasteiger partial charge in [-0.3, -0.25) is 0 Å². The number of aliphatic carboxylic acids is 1. The van der Waals surface area contributed by atoms with Crippen molar-refractivity contribution in [2.24, 2.45) is 11.3 Å². The Bertz CT molecular complexity index is 1150. The SMILES string of the molecule is CC(C)Oc1ccc(Nc2nc3cc(OCC(=O)O)ccc3n2[C@@H]2C[C@H](C)CC(C)(C)C2)cc1. The van der Waals surface area contributed by atoms with Crippen LogP contribution in [0.25, 0.3) is 11.0 Å². The number of hydrogen-bond donors (Lipinski definition) is 2. The van der Waals surface area contributed by atoms with Crippen molar-refractivity contribution >= 4 is 28.6 Å². The minimum Gasteiger partial charge on any atom is -0.491 e. The summed E-state index contributed by atoms with van der Waals surface area (Å²) in [5.74, 6) is 1.72. The van der Waals surface area contributed by atoms with Crippen molar-refractivity contribution in [1.29, 1.82) is 0 Å². The summed E-state index contributed by atoms with van der Waals surface area (Å²) in [5, 5.41) is 12.5. The summed E-state index contributed by atoms with van der Waals surface area (Å²) in [7, 11) is 0. The molecule has 1 aromatic heterocycles. The van der Waals surface area contributed by atoms with Crippen LogP contribution in [-0.2, 0) is 4.79 Å². The standard InChI is InChI=1S/C27H35N3O4/c1-17(2)34-21-8-6-19(7-9-21)28-26-29-23-13-22(33-16-25(31)32)10-11-24(23)30(26)20-12-18(3)14-27(4,5)15-20/h6-11,13,17-18,20H,12,14-16H2,1-5H3,(H,28,29)(H,31,32)/t18-,20+/m0/s1. The normalized spacial score (nSPS) is 19.8. The van der Waals surface area contributed by atoms with Gasteiger partial charge in [0, 0.05) is 17.8 Å². The number of rotatable bonds is 8. The molecule has 0 aliphatic heterocycles. The number of anilines is 2. The average molecular weight is 466 g/mol. The molecule has 0 unspecified atom stereocenters. The van der Waals surface area contributed by atoms with E-state index >= 15 is 0 Å². The number of hydrogen-bond acceptors (Lipinski definition) is 5. The molecule has 34 heavy (non-hydrogen) atoms. The molecule has 1 aliphatic rings. The third-order valence-electron chi connectivity index (χ3n) is 6.23. The van der Waals surface area contributed by atoms with Gasteiger partial charge in [-0.2, -0.15) is 0 Å². The molecule has 1 fully saturated rings. The molecular formula is C27H35N3O4. The summed E-state index contributed by atoms with van der Waals surface area (Å²) >= 11 is 0. The lowest BCUT2D eigenvalue weighted by molar-refractivity contribution is -0.139. The van der Waals surface area contributed by atoms with Gasteiger partial charge >= 0.3 is 5.97 Å². The molecule has 2 aromatic carbocycles. The Hall–Kier alpha value is -3.22. The van der Waals surface area contributed by atoms with E-state index in [9.17, 15) is 4.79 Å². The lowest BCUT2D eigenvalue weighted by atomic mass is 9.70. The van der Waals surface area contributed by atoms with E-state index in [2.05, 4.69) is 30.7 Å². The fraction of sp³-hybridized carbons (Fsp3) is 0.481. The Labute approximate surface area is 201 Å². The second-order valence-electron chi connectivity index (χ2n) is 10.5. The lowest BCUT2D eigenvalue weighted by Gasteiger charge is -2.40. The van der Waals surface area contributed by atoms with Crippen molar-refractivity contribution in [2.75, 3.05) is 11.9 Å². The van der Waals surface area contributed by atoms with E-state index in [-0.39, 0.29) is 18.1 Å². The van der Waals surface area contributed by atoms with E-state index in [0.717, 1.165) is 41.3 Å². The molecule has 4 rings (SSSR count). The predicted octanol–water partition coefficient (Wildman–Crippen LogP) is 6.42. The number of aromatic nitrogens is 2. The number of benzene rings is 2. The molecule has 0 saturated heterocycles. The average Bonchev–Trinajstić information content (AvgIpc) is 3.09. The zero-order valence-corrected chi connectivity index (χ0v) is 20.7. The number of imidazole rings is 1. The molecule has 1 heterocycles. The highest BCUT2D eigenvalue weighted by atomic mass is 16.5. The van der Waals surface area contributed by atoms with Crippen molar-refractivity contribution < 1.29 is 19.4 Å². The van der Waals surface area contributed by atoms with Crippen molar-refractivity contribution in [3.8, 4) is 11.5 Å². The zero-order valence-electron chi connectivity index (χ0n) is 20.7. The number of carboxylic acids is 1. The van der Waals surface area contributed by atoms with Crippen molar-refractivity contribution in [2.45, 2.75) is 66.0 Å². The van der Waals surface area contributed by atoms with Crippen LogP contribution in [0, 0.1) is 11.3 Å². The van der Waals surface area contributed by atoms with Gasteiger partial charge in [0.25, 0.3) is 0 Å². The highest BCUT2D eigenvalue weighted by molar-refractivity contribution is 5.81. The number of nitrogens with one attached hydrogen (secondary N) is 1. The second kappa shape index (κ2) is 9.57. The van der Waals surface area contributed by atoms with Crippen LogP contribution >= 0.6 is 0 Å². The van der Waals surface area contributed by atoms with Gasteiger partial charge in [-0.1, -0.05) is 20.8 Å². The van der Waals surface area contributed by atoms with E-state index in [1.165, 1.54) is 6.42 Å². The molecule has 0 amide bonds. The second-order valence-corrected chi connectivity index (χ2v) is 10.5. The van der Waals surface area contributed by atoms with E-state index in [1.54, 1.807) is 0 Å². The van der Waals surface area contributed by atoms with Crippen LogP contribution in [0.2, 0.25) is 0 Å². The highest BCUT2D eigenvalue weighted by Crippen LogP contribution is 2.46. The molecule has 3 aromatic rings. The first-order chi connectivity index (χ1) is 16.1. The lowest BCUT2D eigenvalue weighted by Crippen LogP contribution is -2.29. The summed E-state index contributed by atoms with van der Waals surface area (Å²) < 4.78 is 13.5. The smallest absolute Gasteiger partial charge is 0.341 e. The van der Waals surface area contributed by atoms with Gasteiger partial charge in [-0.25, -0.2) is 9.78 Å². The number of ether oxygens (including phenoxy) is 2. The van der Waals surface area contributed by atoms with Gasteiger partial charge in [0.05, 0.1) is 17.1 Å². The molecule has 0 bridgehead atoms. The molecule has 7 heteroatoms. The van der Waals surface area contributed by atoms with E-state index in [4.69, 9.17) is 19.6 Å². The van der Waals surface area contributed by atoms with Gasteiger partial charge in [0.15, 0.2) is 6.61 Å². The molecule has 0 radical (unpaired) electrons. The Balaban J connectivity index is 1.71. The van der Waals surface area contributed by atoms with Crippen LogP contribution in [0.3, 0.4) is 0 Å². The number of carboxylic acid groups (broad SMARTS) is 1. The molecule has 182 valence electrons. The zero-order chi connectivity index (χ0) is 24.5. The first kappa shape index (κ1) is 23.9. The van der Waals surface area contributed by atoms with Crippen molar-refractivity contribution in [1.82, 2.24) is 9.55 Å². The third-order valence-corrected chi connectivity index (χ3v) is 6.23. The van der Waals surface area contributed by atoms with E-state index < -0.39 is 5.97 Å². The molecule has 7 nitrogen and oxygen atoms in total. The first-order valence-corrected chi connectivity index (χ1v) is 12.0. The molecule has 0 spiro atoms. The molecule has 1 aliphatic carbocycles. The summed E-state index contributed by atoms with van der Waals surface area (Å²) in [6, 6.07) is 13.8.